The van der Waals surface area contributed by atoms with Crippen molar-refractivity contribution in [1.82, 2.24) is 4.98 Å². The monoisotopic (exact) mass is 285 g/mol. The van der Waals surface area contributed by atoms with Gasteiger partial charge in [-0.25, -0.2) is 4.98 Å². The number of pyridine rings is 1. The standard InChI is InChI=1S/C17H16ClNO/c1-17(11-12-5-3-2-4-6-12)10-9-14-13(16(17)20)7-8-15(18)19-14/h2-8H,9-11H2,1H3/t17-/m1/s1. The van der Waals surface area contributed by atoms with Crippen LogP contribution in [0.3, 0.4) is 0 Å². The van der Waals surface area contributed by atoms with Gasteiger partial charge in [0.2, 0.25) is 0 Å². The molecule has 0 N–H and O–H groups in total. The molecular weight excluding hydrogens is 270 g/mol. The van der Waals surface area contributed by atoms with Crippen molar-refractivity contribution in [3.05, 3.63) is 64.4 Å². The molecule has 0 saturated heterocycles. The first-order chi connectivity index (χ1) is 9.58. The summed E-state index contributed by atoms with van der Waals surface area (Å²) in [5.41, 5.74) is 2.44. The molecule has 3 rings (SSSR count). The minimum absolute atomic E-state index is 0.187. The second kappa shape index (κ2) is 5.02. The first-order valence-electron chi connectivity index (χ1n) is 6.83. The zero-order valence-electron chi connectivity index (χ0n) is 11.4. The van der Waals surface area contributed by atoms with Crippen LogP contribution in [-0.2, 0) is 12.8 Å². The Labute approximate surface area is 123 Å². The summed E-state index contributed by atoms with van der Waals surface area (Å²) in [5.74, 6) is 0.187. The molecule has 0 saturated carbocycles. The van der Waals surface area contributed by atoms with Gasteiger partial charge in [-0.15, -0.1) is 0 Å². The van der Waals surface area contributed by atoms with Crippen LogP contribution in [0.5, 0.6) is 0 Å². The Morgan fingerprint density at radius 1 is 1.20 bits per heavy atom. The molecule has 0 aliphatic heterocycles. The number of carbonyl (C=O) groups excluding carboxylic acids is 1. The summed E-state index contributed by atoms with van der Waals surface area (Å²) in [6.45, 7) is 2.06. The van der Waals surface area contributed by atoms with E-state index in [1.54, 1.807) is 6.07 Å². The van der Waals surface area contributed by atoms with Gasteiger partial charge in [-0.1, -0.05) is 48.9 Å². The van der Waals surface area contributed by atoms with Gasteiger partial charge in [-0.3, -0.25) is 4.79 Å². The molecule has 102 valence electrons. The number of halogens is 1. The summed E-state index contributed by atoms with van der Waals surface area (Å²) in [6.07, 6.45) is 2.40. The predicted molar refractivity (Wildman–Crippen MR) is 80.2 cm³/mol. The molecule has 0 unspecified atom stereocenters. The lowest BCUT2D eigenvalue weighted by molar-refractivity contribution is 0.0782. The van der Waals surface area contributed by atoms with Crippen molar-refractivity contribution in [2.24, 2.45) is 5.41 Å². The molecule has 0 radical (unpaired) electrons. The highest BCUT2D eigenvalue weighted by atomic mass is 35.5. The Hall–Kier alpha value is -1.67. The van der Waals surface area contributed by atoms with Crippen molar-refractivity contribution in [1.29, 1.82) is 0 Å². The molecule has 1 aliphatic rings. The Kier molecular flexibility index (Phi) is 3.35. The number of fused-ring (bicyclic) bond motifs is 1. The third kappa shape index (κ3) is 2.36. The number of benzene rings is 1. The van der Waals surface area contributed by atoms with E-state index in [-0.39, 0.29) is 11.2 Å². The SMILES string of the molecule is C[C@]1(Cc2ccccc2)CCc2nc(Cl)ccc2C1=O. The van der Waals surface area contributed by atoms with Crippen LogP contribution in [0.25, 0.3) is 0 Å². The molecule has 1 atom stereocenters. The van der Waals surface area contributed by atoms with Gasteiger partial charge in [-0.05, 0) is 37.0 Å². The highest BCUT2D eigenvalue weighted by molar-refractivity contribution is 6.29. The number of aromatic nitrogens is 1. The van der Waals surface area contributed by atoms with Crippen LogP contribution < -0.4 is 0 Å². The van der Waals surface area contributed by atoms with Gasteiger partial charge in [0.25, 0.3) is 0 Å². The van der Waals surface area contributed by atoms with Crippen molar-refractivity contribution in [3.8, 4) is 0 Å². The fourth-order valence-corrected chi connectivity index (χ4v) is 3.09. The normalized spacial score (nSPS) is 21.6. The topological polar surface area (TPSA) is 30.0 Å². The minimum atomic E-state index is -0.343. The van der Waals surface area contributed by atoms with Crippen LogP contribution in [-0.4, -0.2) is 10.8 Å². The van der Waals surface area contributed by atoms with Crippen molar-refractivity contribution >= 4 is 17.4 Å². The third-order valence-corrected chi connectivity index (χ3v) is 4.29. The maximum Gasteiger partial charge on any atom is 0.170 e. The van der Waals surface area contributed by atoms with Gasteiger partial charge in [0.1, 0.15) is 5.15 Å². The van der Waals surface area contributed by atoms with Gasteiger partial charge in [0.05, 0.1) is 5.69 Å². The van der Waals surface area contributed by atoms with E-state index < -0.39 is 0 Å². The first kappa shape index (κ1) is 13.3. The minimum Gasteiger partial charge on any atom is -0.293 e. The summed E-state index contributed by atoms with van der Waals surface area (Å²) < 4.78 is 0. The molecule has 0 bridgehead atoms. The molecule has 0 spiro atoms. The van der Waals surface area contributed by atoms with Gasteiger partial charge in [0, 0.05) is 11.0 Å². The number of rotatable bonds is 2. The molecular formula is C17H16ClNO. The number of Topliss-reactive ketones (excluding diaryl/α,β-unsaturated/α-hetero) is 1. The van der Waals surface area contributed by atoms with Crippen LogP contribution in [0, 0.1) is 5.41 Å². The number of hydrogen-bond donors (Lipinski definition) is 0. The number of ketones is 1. The van der Waals surface area contributed by atoms with Gasteiger partial charge in [0.15, 0.2) is 5.78 Å². The second-order valence-corrected chi connectivity index (χ2v) is 6.07. The molecule has 1 heterocycles. The fraction of sp³-hybridized carbons (Fsp3) is 0.294. The number of carbonyl (C=O) groups is 1. The van der Waals surface area contributed by atoms with E-state index in [4.69, 9.17) is 11.6 Å². The van der Waals surface area contributed by atoms with E-state index in [1.165, 1.54) is 5.56 Å². The Morgan fingerprint density at radius 3 is 2.70 bits per heavy atom. The molecule has 1 aromatic carbocycles. The van der Waals surface area contributed by atoms with Gasteiger partial charge in [-0.2, -0.15) is 0 Å². The maximum absolute atomic E-state index is 12.8. The molecule has 1 aromatic heterocycles. The maximum atomic E-state index is 12.8. The lowest BCUT2D eigenvalue weighted by Gasteiger charge is -2.33. The predicted octanol–water partition coefficient (Wildman–Crippen LogP) is 4.11. The van der Waals surface area contributed by atoms with Crippen molar-refractivity contribution < 1.29 is 4.79 Å². The molecule has 2 nitrogen and oxygen atoms in total. The van der Waals surface area contributed by atoms with Crippen LogP contribution in [0.1, 0.15) is 35.0 Å². The largest absolute Gasteiger partial charge is 0.293 e. The molecule has 0 fully saturated rings. The molecule has 1 aliphatic carbocycles. The van der Waals surface area contributed by atoms with E-state index in [1.807, 2.05) is 24.3 Å². The third-order valence-electron chi connectivity index (χ3n) is 4.08. The summed E-state index contributed by atoms with van der Waals surface area (Å²) in [6, 6.07) is 13.7. The quantitative estimate of drug-likeness (QED) is 0.777. The van der Waals surface area contributed by atoms with Crippen LogP contribution >= 0.6 is 11.6 Å². The van der Waals surface area contributed by atoms with E-state index in [2.05, 4.69) is 24.0 Å². The van der Waals surface area contributed by atoms with Crippen molar-refractivity contribution in [2.75, 3.05) is 0 Å². The average molecular weight is 286 g/mol. The van der Waals surface area contributed by atoms with E-state index >= 15 is 0 Å². The Morgan fingerprint density at radius 2 is 1.95 bits per heavy atom. The zero-order valence-corrected chi connectivity index (χ0v) is 12.2. The second-order valence-electron chi connectivity index (χ2n) is 5.68. The number of nitrogens with zero attached hydrogens (tertiary/aromatic N) is 1. The van der Waals surface area contributed by atoms with Crippen LogP contribution in [0.15, 0.2) is 42.5 Å². The van der Waals surface area contributed by atoms with Crippen LogP contribution in [0.4, 0.5) is 0 Å². The van der Waals surface area contributed by atoms with E-state index in [9.17, 15) is 4.79 Å². The summed E-state index contributed by atoms with van der Waals surface area (Å²) >= 11 is 5.90. The number of aryl methyl sites for hydroxylation is 1. The van der Waals surface area contributed by atoms with Crippen molar-refractivity contribution in [2.45, 2.75) is 26.2 Å². The molecule has 2 aromatic rings. The molecule has 20 heavy (non-hydrogen) atoms. The van der Waals surface area contributed by atoms with Gasteiger partial charge >= 0.3 is 0 Å². The molecule has 0 amide bonds. The van der Waals surface area contributed by atoms with Crippen molar-refractivity contribution in [3.63, 3.8) is 0 Å². The smallest absolute Gasteiger partial charge is 0.170 e. The average Bonchev–Trinajstić information content (AvgIpc) is 2.45. The van der Waals surface area contributed by atoms with Gasteiger partial charge < -0.3 is 0 Å². The zero-order chi connectivity index (χ0) is 14.2. The lowest BCUT2D eigenvalue weighted by atomic mass is 9.70. The van der Waals surface area contributed by atoms with E-state index in [0.29, 0.717) is 5.15 Å². The summed E-state index contributed by atoms with van der Waals surface area (Å²) in [5, 5.41) is 0.461. The lowest BCUT2D eigenvalue weighted by Crippen LogP contribution is -2.35. The Balaban J connectivity index is 1.93. The fourth-order valence-electron chi connectivity index (χ4n) is 2.92. The highest BCUT2D eigenvalue weighted by Gasteiger charge is 2.38. The molecule has 3 heteroatoms. The van der Waals surface area contributed by atoms with E-state index in [0.717, 1.165) is 30.5 Å². The van der Waals surface area contributed by atoms with Crippen LogP contribution in [0.2, 0.25) is 5.15 Å². The Bertz CT molecular complexity index is 653. The highest BCUT2D eigenvalue weighted by Crippen LogP contribution is 2.37. The summed E-state index contributed by atoms with van der Waals surface area (Å²) in [4.78, 5) is 17.1. The first-order valence-corrected chi connectivity index (χ1v) is 7.20. The number of hydrogen-bond acceptors (Lipinski definition) is 2. The summed E-state index contributed by atoms with van der Waals surface area (Å²) in [7, 11) is 0.